The van der Waals surface area contributed by atoms with E-state index >= 15 is 0 Å². The van der Waals surface area contributed by atoms with Crippen LogP contribution in [0.2, 0.25) is 0 Å². The average molecular weight is 330 g/mol. The quantitative estimate of drug-likeness (QED) is 0.900. The molecule has 1 amide bonds. The molecule has 6 heteroatoms. The minimum Gasteiger partial charge on any atom is -0.373 e. The van der Waals surface area contributed by atoms with E-state index in [9.17, 15) is 4.79 Å². The molecule has 0 spiro atoms. The van der Waals surface area contributed by atoms with E-state index in [1.165, 1.54) is 0 Å². The van der Waals surface area contributed by atoms with Crippen LogP contribution in [-0.4, -0.2) is 58.6 Å². The predicted molar refractivity (Wildman–Crippen MR) is 93.1 cm³/mol. The molecule has 2 unspecified atom stereocenters. The van der Waals surface area contributed by atoms with Gasteiger partial charge in [-0.3, -0.25) is 9.69 Å². The summed E-state index contributed by atoms with van der Waals surface area (Å²) in [7, 11) is 0. The number of amides is 1. The van der Waals surface area contributed by atoms with Gasteiger partial charge in [0, 0.05) is 38.6 Å². The number of nitrogens with one attached hydrogen (secondary N) is 1. The molecule has 3 heterocycles. The number of aryl methyl sites for hydroxylation is 1. The second-order valence-corrected chi connectivity index (χ2v) is 6.70. The molecule has 0 bridgehead atoms. The van der Waals surface area contributed by atoms with Crippen molar-refractivity contribution in [2.24, 2.45) is 0 Å². The molecule has 2 aromatic rings. The third-order valence-corrected chi connectivity index (χ3v) is 4.31. The van der Waals surface area contributed by atoms with Gasteiger partial charge in [-0.05, 0) is 32.4 Å². The number of pyridine rings is 1. The molecule has 130 valence electrons. The van der Waals surface area contributed by atoms with E-state index in [1.807, 2.05) is 35.9 Å². The highest BCUT2D eigenvalue weighted by molar-refractivity contribution is 5.78. The smallest absolute Gasteiger partial charge is 0.226 e. The highest BCUT2D eigenvalue weighted by atomic mass is 16.5. The van der Waals surface area contributed by atoms with Crippen LogP contribution in [0.15, 0.2) is 24.5 Å². The summed E-state index contributed by atoms with van der Waals surface area (Å²) in [4.78, 5) is 19.0. The highest BCUT2D eigenvalue weighted by Crippen LogP contribution is 2.11. The van der Waals surface area contributed by atoms with E-state index < -0.39 is 0 Å². The Balaban J connectivity index is 1.47. The van der Waals surface area contributed by atoms with Crippen LogP contribution in [0.4, 0.5) is 0 Å². The fraction of sp³-hybridized carbons (Fsp3) is 0.556. The zero-order valence-electron chi connectivity index (χ0n) is 14.7. The Morgan fingerprint density at radius 2 is 2.12 bits per heavy atom. The zero-order chi connectivity index (χ0) is 17.1. The molecule has 0 saturated carbocycles. The number of ether oxygens (including phenoxy) is 1. The summed E-state index contributed by atoms with van der Waals surface area (Å²) in [5, 5.41) is 3.00. The maximum Gasteiger partial charge on any atom is 0.226 e. The first-order valence-corrected chi connectivity index (χ1v) is 8.59. The molecule has 1 aliphatic heterocycles. The monoisotopic (exact) mass is 330 g/mol. The highest BCUT2D eigenvalue weighted by Gasteiger charge is 2.21. The first-order chi connectivity index (χ1) is 11.5. The van der Waals surface area contributed by atoms with Gasteiger partial charge in [0.1, 0.15) is 5.65 Å². The second kappa shape index (κ2) is 7.32. The molecule has 1 N–H and O–H groups in total. The van der Waals surface area contributed by atoms with Crippen molar-refractivity contribution in [2.75, 3.05) is 26.2 Å². The van der Waals surface area contributed by atoms with Gasteiger partial charge in [-0.2, -0.15) is 0 Å². The maximum absolute atomic E-state index is 12.1. The molecular formula is C18H26N4O2. The molecule has 1 fully saturated rings. The van der Waals surface area contributed by atoms with E-state index in [0.29, 0.717) is 13.0 Å². The van der Waals surface area contributed by atoms with Crippen LogP contribution in [0.25, 0.3) is 5.65 Å². The summed E-state index contributed by atoms with van der Waals surface area (Å²) in [5.41, 5.74) is 2.83. The van der Waals surface area contributed by atoms with Crippen LogP contribution >= 0.6 is 0 Å². The van der Waals surface area contributed by atoms with E-state index in [4.69, 9.17) is 4.74 Å². The van der Waals surface area contributed by atoms with Crippen LogP contribution in [0.3, 0.4) is 0 Å². The van der Waals surface area contributed by atoms with Gasteiger partial charge in [-0.1, -0.05) is 6.07 Å². The Labute approximate surface area is 142 Å². The van der Waals surface area contributed by atoms with Crippen molar-refractivity contribution in [2.45, 2.75) is 39.4 Å². The second-order valence-electron chi connectivity index (χ2n) is 6.70. The molecule has 3 rings (SSSR count). The van der Waals surface area contributed by atoms with Crippen LogP contribution < -0.4 is 5.32 Å². The fourth-order valence-electron chi connectivity index (χ4n) is 3.34. The molecule has 0 radical (unpaired) electrons. The van der Waals surface area contributed by atoms with Gasteiger partial charge >= 0.3 is 0 Å². The van der Waals surface area contributed by atoms with Crippen LogP contribution in [0.5, 0.6) is 0 Å². The minimum absolute atomic E-state index is 0.0189. The predicted octanol–water partition coefficient (Wildman–Crippen LogP) is 1.41. The number of nitrogens with zero attached hydrogens (tertiary/aromatic N) is 3. The first-order valence-electron chi connectivity index (χ1n) is 8.59. The van der Waals surface area contributed by atoms with Gasteiger partial charge in [0.05, 0.1) is 24.3 Å². The third kappa shape index (κ3) is 4.13. The Morgan fingerprint density at radius 1 is 1.38 bits per heavy atom. The van der Waals surface area contributed by atoms with Gasteiger partial charge in [0.25, 0.3) is 0 Å². The SMILES string of the molecule is Cc1cccn2cc(CC(=O)NCCN3CC(C)OC(C)C3)nc12. The molecule has 0 aromatic carbocycles. The Morgan fingerprint density at radius 3 is 2.83 bits per heavy atom. The van der Waals surface area contributed by atoms with Crippen molar-refractivity contribution in [1.82, 2.24) is 19.6 Å². The largest absolute Gasteiger partial charge is 0.373 e. The standard InChI is InChI=1S/C18H26N4O2/c1-13-5-4-7-22-12-16(20-18(13)22)9-17(23)19-6-8-21-10-14(2)24-15(3)11-21/h4-5,7,12,14-15H,6,8-11H2,1-3H3,(H,19,23). The van der Waals surface area contributed by atoms with Crippen LogP contribution in [0.1, 0.15) is 25.1 Å². The van der Waals surface area contributed by atoms with Gasteiger partial charge in [0.15, 0.2) is 0 Å². The van der Waals surface area contributed by atoms with E-state index in [1.54, 1.807) is 0 Å². The van der Waals surface area contributed by atoms with Crippen molar-refractivity contribution >= 4 is 11.6 Å². The van der Waals surface area contributed by atoms with E-state index in [0.717, 1.165) is 36.5 Å². The number of hydrogen-bond donors (Lipinski definition) is 1. The molecule has 24 heavy (non-hydrogen) atoms. The summed E-state index contributed by atoms with van der Waals surface area (Å²) in [6.07, 6.45) is 4.71. The molecule has 1 saturated heterocycles. The fourth-order valence-corrected chi connectivity index (χ4v) is 3.34. The van der Waals surface area contributed by atoms with Crippen LogP contribution in [0, 0.1) is 6.92 Å². The van der Waals surface area contributed by atoms with Crippen molar-refractivity contribution in [3.63, 3.8) is 0 Å². The summed E-state index contributed by atoms with van der Waals surface area (Å²) in [6, 6.07) is 4.01. The summed E-state index contributed by atoms with van der Waals surface area (Å²) < 4.78 is 7.69. The Kier molecular flexibility index (Phi) is 5.16. The number of aromatic nitrogens is 2. The summed E-state index contributed by atoms with van der Waals surface area (Å²) in [6.45, 7) is 9.56. The van der Waals surface area contributed by atoms with Crippen molar-refractivity contribution in [3.8, 4) is 0 Å². The molecule has 1 aliphatic rings. The lowest BCUT2D eigenvalue weighted by atomic mass is 10.2. The Hall–Kier alpha value is -1.92. The van der Waals surface area contributed by atoms with Crippen molar-refractivity contribution < 1.29 is 9.53 Å². The molecule has 6 nitrogen and oxygen atoms in total. The summed E-state index contributed by atoms with van der Waals surface area (Å²) >= 11 is 0. The molecule has 0 aliphatic carbocycles. The zero-order valence-corrected chi connectivity index (χ0v) is 14.7. The first kappa shape index (κ1) is 16.9. The Bertz CT molecular complexity index is 702. The topological polar surface area (TPSA) is 58.9 Å². The minimum atomic E-state index is 0.0189. The number of fused-ring (bicyclic) bond motifs is 1. The van der Waals surface area contributed by atoms with Gasteiger partial charge in [0.2, 0.25) is 5.91 Å². The van der Waals surface area contributed by atoms with Crippen LogP contribution in [-0.2, 0) is 16.0 Å². The van der Waals surface area contributed by atoms with Gasteiger partial charge < -0.3 is 14.5 Å². The van der Waals surface area contributed by atoms with Crippen molar-refractivity contribution in [3.05, 3.63) is 35.8 Å². The summed E-state index contributed by atoms with van der Waals surface area (Å²) in [5.74, 6) is 0.0189. The molecular weight excluding hydrogens is 304 g/mol. The van der Waals surface area contributed by atoms with Gasteiger partial charge in [-0.25, -0.2) is 4.98 Å². The average Bonchev–Trinajstić information content (AvgIpc) is 2.90. The lowest BCUT2D eigenvalue weighted by Crippen LogP contribution is -2.48. The molecule has 2 atom stereocenters. The number of morpholine rings is 1. The normalized spacial score (nSPS) is 22.0. The molecule has 2 aromatic heterocycles. The van der Waals surface area contributed by atoms with E-state index in [2.05, 4.69) is 29.0 Å². The lowest BCUT2D eigenvalue weighted by Gasteiger charge is -2.35. The number of carbonyl (C=O) groups excluding carboxylic acids is 1. The number of carbonyl (C=O) groups is 1. The van der Waals surface area contributed by atoms with Gasteiger partial charge in [-0.15, -0.1) is 0 Å². The lowest BCUT2D eigenvalue weighted by molar-refractivity contribution is -0.120. The third-order valence-electron chi connectivity index (χ3n) is 4.31. The number of imidazole rings is 1. The number of hydrogen-bond acceptors (Lipinski definition) is 4. The maximum atomic E-state index is 12.1. The number of rotatable bonds is 5. The van der Waals surface area contributed by atoms with E-state index in [-0.39, 0.29) is 18.1 Å². The van der Waals surface area contributed by atoms with Crippen molar-refractivity contribution in [1.29, 1.82) is 0 Å².